The highest BCUT2D eigenvalue weighted by Crippen LogP contribution is 2.35. The van der Waals surface area contributed by atoms with Gasteiger partial charge in [-0.3, -0.25) is 14.9 Å². The van der Waals surface area contributed by atoms with Gasteiger partial charge in [0.2, 0.25) is 5.91 Å². The molecule has 13 heteroatoms. The van der Waals surface area contributed by atoms with Crippen LogP contribution in [0.25, 0.3) is 11.3 Å². The number of carbonyl (C=O) groups is 4. The summed E-state index contributed by atoms with van der Waals surface area (Å²) < 4.78 is 9.92. The molecule has 0 radical (unpaired) electrons. The van der Waals surface area contributed by atoms with Gasteiger partial charge in [0.15, 0.2) is 0 Å². The van der Waals surface area contributed by atoms with Gasteiger partial charge in [0.1, 0.15) is 22.3 Å². The number of aromatic nitrogens is 2. The molecule has 0 unspecified atom stereocenters. The largest absolute Gasteiger partial charge is 0.453 e. The Kier molecular flexibility index (Phi) is 10.3. The standard InChI is InChI=1S/C31H35ClN6O6/c1-31(2,3)44-29(41)33-17-18-10-12-19(13-11-18)28(40)36-22-8-6-5-7-9-24(39)35-23-16-20(34-30(42)43-4)14-15-21(23)25-26(32)38-27(22)37-25/h5-6,10-16,22H,7-9,17H2,1-4H3,(H,33,41)(H,34,42)(H,35,39)(H,36,40)(H,37,38)/b6-5+/t22-/m0/s1. The fourth-order valence-electron chi connectivity index (χ4n) is 4.33. The number of nitrogens with zero attached hydrogens (tertiary/aromatic N) is 1. The van der Waals surface area contributed by atoms with E-state index in [0.717, 1.165) is 5.56 Å². The van der Waals surface area contributed by atoms with Gasteiger partial charge in [0.25, 0.3) is 5.91 Å². The lowest BCUT2D eigenvalue weighted by Crippen LogP contribution is -2.32. The zero-order valence-corrected chi connectivity index (χ0v) is 25.6. The second kappa shape index (κ2) is 14.1. The number of halogens is 1. The van der Waals surface area contributed by atoms with Crippen LogP contribution in [0.2, 0.25) is 5.15 Å². The van der Waals surface area contributed by atoms with Gasteiger partial charge in [0.05, 0.1) is 18.8 Å². The minimum atomic E-state index is -0.656. The lowest BCUT2D eigenvalue weighted by molar-refractivity contribution is -0.116. The van der Waals surface area contributed by atoms with Crippen molar-refractivity contribution in [3.05, 3.63) is 76.7 Å². The number of amides is 4. The molecule has 0 fully saturated rings. The van der Waals surface area contributed by atoms with Crippen molar-refractivity contribution in [3.63, 3.8) is 0 Å². The summed E-state index contributed by atoms with van der Waals surface area (Å²) in [4.78, 5) is 57.4. The average Bonchev–Trinajstić information content (AvgIpc) is 3.35. The number of carbonyl (C=O) groups excluding carboxylic acids is 4. The van der Waals surface area contributed by atoms with Crippen molar-refractivity contribution in [3.8, 4) is 11.3 Å². The minimum absolute atomic E-state index is 0.214. The van der Waals surface area contributed by atoms with Crippen LogP contribution in [0.15, 0.2) is 54.6 Å². The molecule has 1 atom stereocenters. The molecule has 3 aromatic rings. The number of hydrogen-bond donors (Lipinski definition) is 5. The number of anilines is 2. The average molecular weight is 623 g/mol. The molecule has 0 saturated carbocycles. The molecule has 2 bridgehead atoms. The number of H-pyrrole nitrogens is 1. The van der Waals surface area contributed by atoms with Crippen LogP contribution in [0.3, 0.4) is 0 Å². The molecule has 1 aliphatic heterocycles. The Bertz CT molecular complexity index is 1560. The highest BCUT2D eigenvalue weighted by molar-refractivity contribution is 6.32. The third-order valence-electron chi connectivity index (χ3n) is 6.42. The van der Waals surface area contributed by atoms with Gasteiger partial charge in [-0.15, -0.1) is 0 Å². The van der Waals surface area contributed by atoms with Crippen LogP contribution in [0.4, 0.5) is 21.0 Å². The van der Waals surface area contributed by atoms with E-state index < -0.39 is 23.8 Å². The molecule has 2 aromatic carbocycles. The number of benzene rings is 2. The Labute approximate surface area is 259 Å². The number of rotatable bonds is 5. The first-order chi connectivity index (χ1) is 20.9. The van der Waals surface area contributed by atoms with Crippen molar-refractivity contribution in [2.75, 3.05) is 17.7 Å². The molecular weight excluding hydrogens is 588 g/mol. The van der Waals surface area contributed by atoms with Crippen LogP contribution in [-0.2, 0) is 20.8 Å². The molecule has 1 aliphatic rings. The maximum Gasteiger partial charge on any atom is 0.411 e. The minimum Gasteiger partial charge on any atom is -0.453 e. The third kappa shape index (κ3) is 8.83. The Morgan fingerprint density at radius 2 is 1.82 bits per heavy atom. The Morgan fingerprint density at radius 1 is 1.07 bits per heavy atom. The first-order valence-electron chi connectivity index (χ1n) is 14.0. The molecular formula is C31H35ClN6O6. The van der Waals surface area contributed by atoms with E-state index in [1.54, 1.807) is 63.2 Å². The Hall–Kier alpha value is -4.84. The molecule has 4 amide bonds. The number of fused-ring (bicyclic) bond motifs is 4. The maximum atomic E-state index is 13.3. The zero-order chi connectivity index (χ0) is 31.9. The normalized spacial score (nSPS) is 15.7. The van der Waals surface area contributed by atoms with Crippen LogP contribution < -0.4 is 21.3 Å². The van der Waals surface area contributed by atoms with Gasteiger partial charge in [-0.1, -0.05) is 35.9 Å². The fraction of sp³-hybridized carbons (Fsp3) is 0.323. The first kappa shape index (κ1) is 32.1. The molecule has 0 aliphatic carbocycles. The van der Waals surface area contributed by atoms with Crippen molar-refractivity contribution in [1.29, 1.82) is 0 Å². The Morgan fingerprint density at radius 3 is 2.52 bits per heavy atom. The summed E-state index contributed by atoms with van der Waals surface area (Å²) in [5.41, 5.74) is 2.31. The fourth-order valence-corrected chi connectivity index (χ4v) is 4.57. The summed E-state index contributed by atoms with van der Waals surface area (Å²) in [7, 11) is 1.25. The van der Waals surface area contributed by atoms with E-state index in [0.29, 0.717) is 46.9 Å². The second-order valence-corrected chi connectivity index (χ2v) is 11.4. The monoisotopic (exact) mass is 622 g/mol. The van der Waals surface area contributed by atoms with Crippen molar-refractivity contribution in [1.82, 2.24) is 20.6 Å². The number of aromatic amines is 1. The van der Waals surface area contributed by atoms with Crippen molar-refractivity contribution in [2.24, 2.45) is 0 Å². The second-order valence-electron chi connectivity index (χ2n) is 11.0. The predicted molar refractivity (Wildman–Crippen MR) is 166 cm³/mol. The number of imidazole rings is 1. The summed E-state index contributed by atoms with van der Waals surface area (Å²) in [6.45, 7) is 5.61. The highest BCUT2D eigenvalue weighted by atomic mass is 35.5. The summed E-state index contributed by atoms with van der Waals surface area (Å²) in [5.74, 6) is -0.134. The van der Waals surface area contributed by atoms with E-state index in [1.807, 2.05) is 12.2 Å². The molecule has 2 heterocycles. The van der Waals surface area contributed by atoms with Gasteiger partial charge >= 0.3 is 12.2 Å². The smallest absolute Gasteiger partial charge is 0.411 e. The van der Waals surface area contributed by atoms with Crippen LogP contribution in [-0.4, -0.2) is 46.7 Å². The number of nitrogens with one attached hydrogen (secondary N) is 5. The van der Waals surface area contributed by atoms with Crippen LogP contribution in [0, 0.1) is 0 Å². The topological polar surface area (TPSA) is 164 Å². The summed E-state index contributed by atoms with van der Waals surface area (Å²) in [6, 6.07) is 11.2. The lowest BCUT2D eigenvalue weighted by Gasteiger charge is -2.19. The van der Waals surface area contributed by atoms with Crippen LogP contribution >= 0.6 is 11.6 Å². The number of ether oxygens (including phenoxy) is 2. The van der Waals surface area contributed by atoms with Gasteiger partial charge < -0.3 is 30.4 Å². The van der Waals surface area contributed by atoms with Gasteiger partial charge in [-0.25, -0.2) is 14.6 Å². The molecule has 0 spiro atoms. The van der Waals surface area contributed by atoms with E-state index >= 15 is 0 Å². The number of hydrogen-bond acceptors (Lipinski definition) is 7. The van der Waals surface area contributed by atoms with E-state index in [1.165, 1.54) is 7.11 Å². The SMILES string of the molecule is COC(=O)Nc1ccc2c(c1)NC(=O)CC/C=C/C[C@H](NC(=O)c1ccc(CNC(=O)OC(C)(C)C)cc1)c1nc-2c(Cl)[nH]1. The van der Waals surface area contributed by atoms with E-state index in [-0.39, 0.29) is 29.9 Å². The predicted octanol–water partition coefficient (Wildman–Crippen LogP) is 6.08. The van der Waals surface area contributed by atoms with Crippen molar-refractivity contribution in [2.45, 2.75) is 58.2 Å². The van der Waals surface area contributed by atoms with Crippen molar-refractivity contribution >= 4 is 47.0 Å². The lowest BCUT2D eigenvalue weighted by atomic mass is 10.1. The number of methoxy groups -OCH3 is 1. The van der Waals surface area contributed by atoms with Crippen molar-refractivity contribution < 1.29 is 28.7 Å². The number of allylic oxidation sites excluding steroid dienone is 1. The summed E-state index contributed by atoms with van der Waals surface area (Å²) in [5, 5.41) is 11.4. The molecule has 1 aromatic heterocycles. The van der Waals surface area contributed by atoms with Crippen LogP contribution in [0.5, 0.6) is 0 Å². The highest BCUT2D eigenvalue weighted by Gasteiger charge is 2.23. The van der Waals surface area contributed by atoms with Gasteiger partial charge in [-0.05, 0) is 69.5 Å². The first-order valence-corrected chi connectivity index (χ1v) is 14.4. The van der Waals surface area contributed by atoms with E-state index in [2.05, 4.69) is 31.0 Å². The number of alkyl carbamates (subject to hydrolysis) is 1. The van der Waals surface area contributed by atoms with Gasteiger partial charge in [0, 0.05) is 29.8 Å². The quantitative estimate of drug-likeness (QED) is 0.215. The van der Waals surface area contributed by atoms with Crippen LogP contribution in [0.1, 0.15) is 67.8 Å². The third-order valence-corrected chi connectivity index (χ3v) is 6.70. The molecule has 232 valence electrons. The summed E-state index contributed by atoms with van der Waals surface area (Å²) >= 11 is 6.59. The molecule has 44 heavy (non-hydrogen) atoms. The van der Waals surface area contributed by atoms with E-state index in [9.17, 15) is 19.2 Å². The van der Waals surface area contributed by atoms with E-state index in [4.69, 9.17) is 21.3 Å². The molecule has 4 rings (SSSR count). The van der Waals surface area contributed by atoms with Gasteiger partial charge in [-0.2, -0.15) is 0 Å². The molecule has 5 N–H and O–H groups in total. The Balaban J connectivity index is 1.55. The molecule has 0 saturated heterocycles. The summed E-state index contributed by atoms with van der Waals surface area (Å²) in [6.07, 6.45) is 3.65. The zero-order valence-electron chi connectivity index (χ0n) is 24.9. The molecule has 12 nitrogen and oxygen atoms in total. The maximum absolute atomic E-state index is 13.3.